The number of rotatable bonds is 24. The zero-order chi connectivity index (χ0) is 72.0. The minimum Gasteiger partial charge on any atom is -0.448 e. The summed E-state index contributed by atoms with van der Waals surface area (Å²) in [6.07, 6.45) is 1.02. The van der Waals surface area contributed by atoms with Crippen LogP contribution >= 0.6 is 17.1 Å². The molecule has 4 N–H and O–H groups in total. The van der Waals surface area contributed by atoms with Gasteiger partial charge >= 0.3 is 17.9 Å². The van der Waals surface area contributed by atoms with Crippen molar-refractivity contribution >= 4 is 52.0 Å². The van der Waals surface area contributed by atoms with Gasteiger partial charge in [0, 0.05) is 72.0 Å². The molecule has 0 bridgehead atoms. The van der Waals surface area contributed by atoms with Crippen LogP contribution in [0.1, 0.15) is 144 Å². The van der Waals surface area contributed by atoms with Crippen molar-refractivity contribution in [3.8, 4) is 34.4 Å². The quantitative estimate of drug-likeness (QED) is 0.0323. The first kappa shape index (κ1) is 68.2. The Kier molecular flexibility index (Phi) is 25.2. The highest BCUT2D eigenvalue weighted by Crippen LogP contribution is 2.52. The Labute approximate surface area is 569 Å². The van der Waals surface area contributed by atoms with E-state index < -0.39 is 71.8 Å². The highest BCUT2D eigenvalue weighted by atomic mass is 31.2. The van der Waals surface area contributed by atoms with Crippen LogP contribution in [-0.4, -0.2) is 153 Å². The largest absolute Gasteiger partial charge is 0.448 e. The van der Waals surface area contributed by atoms with E-state index in [9.17, 15) is 14.4 Å². The third-order valence-electron chi connectivity index (χ3n) is 16.1. The molecule has 5 heterocycles. The van der Waals surface area contributed by atoms with Crippen molar-refractivity contribution in [2.75, 3.05) is 51.3 Å². The summed E-state index contributed by atoms with van der Waals surface area (Å²) < 4.78 is 83.8. The second-order valence-electron chi connectivity index (χ2n) is 23.6. The zero-order valence-electron chi connectivity index (χ0n) is 59.7. The van der Waals surface area contributed by atoms with Crippen molar-refractivity contribution in [1.29, 1.82) is 13.4 Å². The number of aliphatic hydroxyl groups excluding tert-OH is 2. The Morgan fingerprint density at radius 1 is 0.656 bits per heavy atom. The summed E-state index contributed by atoms with van der Waals surface area (Å²) in [5.74, 6) is 0.112. The molecule has 2 aliphatic heterocycles. The molecule has 4 aromatic carbocycles. The van der Waals surface area contributed by atoms with E-state index in [0.29, 0.717) is 24.0 Å². The molecule has 3 aromatic heterocycles. The number of hydrogen-bond acceptors (Lipinski definition) is 21. The molecular formula is C69H88N12O13P2. The molecule has 27 heteroatoms. The Morgan fingerprint density at radius 3 is 1.48 bits per heavy atom. The maximum Gasteiger partial charge on any atom is 0.412 e. The van der Waals surface area contributed by atoms with E-state index in [0.717, 1.165) is 44.5 Å². The van der Waals surface area contributed by atoms with E-state index >= 15 is 0 Å². The second-order valence-corrected chi connectivity index (χ2v) is 26.4. The van der Waals surface area contributed by atoms with Crippen LogP contribution in [0.2, 0.25) is 0 Å². The molecular weight excluding hydrogens is 1270 g/mol. The monoisotopic (exact) mass is 1360 g/mol. The van der Waals surface area contributed by atoms with E-state index in [2.05, 4.69) is 126 Å². The number of aliphatic hydroxyl groups is 2. The number of nitrogens with zero attached hydrogens (tertiary/aromatic N) is 10. The molecule has 7 aromatic rings. The molecule has 25 nitrogen and oxygen atoms in total. The lowest BCUT2D eigenvalue weighted by atomic mass is 9.98. The second kappa shape index (κ2) is 35.5. The molecule has 8 atom stereocenters. The van der Waals surface area contributed by atoms with Gasteiger partial charge in [-0.1, -0.05) is 97.1 Å². The first-order chi connectivity index (χ1) is 48.3. The lowest BCUT2D eigenvalue weighted by Crippen LogP contribution is -2.35. The van der Waals surface area contributed by atoms with Gasteiger partial charge in [-0.15, -0.1) is 0 Å². The molecule has 4 aliphatic rings. The molecule has 2 amide bonds. The van der Waals surface area contributed by atoms with Gasteiger partial charge in [0.25, 0.3) is 17.1 Å². The Morgan fingerprint density at radius 2 is 1.07 bits per heavy atom. The standard InChI is InChI=1S/C34H40N7O5P.C33H40N5O6P.2CH4O/c1-21(2)41(22(3)4)47(44-16-10-15-35)46-29-17-30(45-23(29)5)40-20-38-31-32(36-19-37-33(31)40)39-34(42)43-18-28-26-13-8-6-11-24(26)25-12-7-9-14-27(25)28;1-21(2)38(22(3)4)45(42-18-10-16-34)44-29-19-31(43-23(29)5)37-17-15-30(35-32(37)39)36-33(40)41-20-28-26-13-8-6-11-24(26)25-12-7-9-14-27(25)28;2*1-2/h6-9,11-14,19-23,28-30H,10,16-18H2,1-5H3,(H,36,37,39,42);6-9,11-15,17,21-23,28-29,31H,10,18-20H2,1-5H3,(H,35,36,39,40);2*2H,1H3/t23-,29?,30-,47?;23-,29?,31-,45?;;/m11../s1/i2*5D;2*2T. The Hall–Kier alpha value is -7.71. The van der Waals surface area contributed by atoms with E-state index in [1.165, 1.54) is 37.4 Å². The van der Waals surface area contributed by atoms with Crippen LogP contribution in [0.3, 0.4) is 0 Å². The molecule has 512 valence electrons. The number of hydrogen-bond donors (Lipinski definition) is 4. The number of amides is 2. The van der Waals surface area contributed by atoms with Crippen LogP contribution < -0.4 is 16.3 Å². The molecule has 96 heavy (non-hydrogen) atoms. The van der Waals surface area contributed by atoms with Gasteiger partial charge in [-0.05, 0) is 120 Å². The maximum atomic E-state index is 13.1. The lowest BCUT2D eigenvalue weighted by Gasteiger charge is -2.37. The van der Waals surface area contributed by atoms with Crippen molar-refractivity contribution in [2.45, 2.75) is 168 Å². The van der Waals surface area contributed by atoms with Crippen molar-refractivity contribution < 1.29 is 59.6 Å². The third kappa shape index (κ3) is 17.7. The first-order valence-corrected chi connectivity index (χ1v) is 34.0. The smallest absolute Gasteiger partial charge is 0.412 e. The normalized spacial score (nSPS) is 19.6. The molecule has 2 saturated heterocycles. The molecule has 0 radical (unpaired) electrons. The Balaban J connectivity index is 0.000000236. The van der Waals surface area contributed by atoms with Gasteiger partial charge in [-0.3, -0.25) is 19.8 Å². The number of nitriles is 2. The van der Waals surface area contributed by atoms with E-state index in [1.54, 1.807) is 10.9 Å². The molecule has 11 rings (SSSR count). The van der Waals surface area contributed by atoms with Crippen LogP contribution in [0.4, 0.5) is 21.2 Å². The summed E-state index contributed by atoms with van der Waals surface area (Å²) in [5, 5.41) is 30.4. The zero-order valence-corrected chi connectivity index (χ0v) is 57.5. The van der Waals surface area contributed by atoms with Crippen LogP contribution in [0.25, 0.3) is 33.4 Å². The van der Waals surface area contributed by atoms with E-state index in [-0.39, 0.29) is 101 Å². The summed E-state index contributed by atoms with van der Waals surface area (Å²) in [6, 6.07) is 38.7. The number of ether oxygens (including phenoxy) is 4. The minimum absolute atomic E-state index is 0.0118. The number of carbonyl (C=O) groups is 2. The molecule has 2 fully saturated rings. The predicted octanol–water partition coefficient (Wildman–Crippen LogP) is 12.9. The van der Waals surface area contributed by atoms with E-state index in [4.69, 9.17) is 53.2 Å². The highest BCUT2D eigenvalue weighted by Gasteiger charge is 2.42. The fourth-order valence-corrected chi connectivity index (χ4v) is 15.6. The summed E-state index contributed by atoms with van der Waals surface area (Å²) in [7, 11) is -0.480. The topological polar surface area (TPSA) is 305 Å². The van der Waals surface area contributed by atoms with Crippen LogP contribution in [0.5, 0.6) is 0 Å². The van der Waals surface area contributed by atoms with Gasteiger partial charge in [-0.2, -0.15) is 15.5 Å². The fourth-order valence-electron chi connectivity index (χ4n) is 12.1. The number of fused-ring (bicyclic) bond motifs is 7. The van der Waals surface area contributed by atoms with Gasteiger partial charge in [0.15, 0.2) is 17.0 Å². The van der Waals surface area contributed by atoms with Crippen molar-refractivity contribution in [2.24, 2.45) is 0 Å². The van der Waals surface area contributed by atoms with Crippen molar-refractivity contribution in [1.82, 2.24) is 38.4 Å². The third-order valence-corrected chi connectivity index (χ3v) is 20.4. The number of benzene rings is 4. The number of carbonyl (C=O) groups excluding carboxylic acids is 2. The predicted molar refractivity (Wildman–Crippen MR) is 366 cm³/mol. The summed E-state index contributed by atoms with van der Waals surface area (Å²) in [6.45, 7) is 17.2. The van der Waals surface area contributed by atoms with Crippen LogP contribution in [0.15, 0.2) is 127 Å². The summed E-state index contributed by atoms with van der Waals surface area (Å²) in [5.41, 5.74) is 9.25. The van der Waals surface area contributed by atoms with E-state index in [1.807, 2.05) is 88.4 Å². The van der Waals surface area contributed by atoms with Gasteiger partial charge in [-0.25, -0.2) is 38.7 Å². The number of nitrogens with one attached hydrogen (secondary N) is 2. The average Bonchev–Trinajstić information content (AvgIpc) is 1.63. The Bertz CT molecular complexity index is 3830. The minimum atomic E-state index is -1.55. The van der Waals surface area contributed by atoms with Gasteiger partial charge in [0.1, 0.15) is 37.8 Å². The first-order valence-electron chi connectivity index (χ1n) is 34.0. The number of imidazole rings is 1. The SMILES string of the molecule is [2H]C[C@H]1O[C@@H](n2ccc(NC(=O)OCC3c4ccccc4-c4ccccc43)nc2=O)CC1OP(OCCC#N)N(C(C)C)C(C)C.[2H]C[C@H]1O[C@@H](n2cnc3c(NC(=O)OCC4c5ccccc5-c5ccccc54)ncnc32)CC1OP(OCCC#N)N(C(C)C)C(C)C.[3H]OC.[3H]OC. The molecule has 0 spiro atoms. The van der Waals surface area contributed by atoms with Crippen LogP contribution in [0, 0.1) is 22.7 Å². The van der Waals surface area contributed by atoms with Crippen molar-refractivity contribution in [3.05, 3.63) is 155 Å². The van der Waals surface area contributed by atoms with Crippen molar-refractivity contribution in [3.63, 3.8) is 0 Å². The molecule has 0 saturated carbocycles. The molecule has 2 aliphatic carbocycles. The fraction of sp³-hybridized carbons (Fsp3) is 0.464. The van der Waals surface area contributed by atoms with Gasteiger partial charge in [0.2, 0.25) is 2.86 Å². The number of anilines is 2. The highest BCUT2D eigenvalue weighted by molar-refractivity contribution is 7.44. The summed E-state index contributed by atoms with van der Waals surface area (Å²) in [4.78, 5) is 56.1. The number of aromatic nitrogens is 6. The average molecular weight is 1360 g/mol. The molecule has 4 unspecified atom stereocenters. The van der Waals surface area contributed by atoms with Gasteiger partial charge in [0.05, 0.1) is 68.9 Å². The lowest BCUT2D eigenvalue weighted by molar-refractivity contribution is -0.00866. The summed E-state index contributed by atoms with van der Waals surface area (Å²) >= 11 is 0. The maximum absolute atomic E-state index is 13.1. The van der Waals surface area contributed by atoms with Gasteiger partial charge < -0.3 is 47.3 Å². The van der Waals surface area contributed by atoms with Crippen LogP contribution in [-0.2, 0) is 37.0 Å².